The fourth-order valence-electron chi connectivity index (χ4n) is 3.27. The molecule has 2 heteroatoms. The van der Waals surface area contributed by atoms with E-state index >= 15 is 0 Å². The van der Waals surface area contributed by atoms with Gasteiger partial charge in [-0.2, -0.15) is 0 Å². The van der Waals surface area contributed by atoms with Crippen LogP contribution in [0.3, 0.4) is 0 Å². The fourth-order valence-corrected chi connectivity index (χ4v) is 3.27. The molecule has 0 aromatic heterocycles. The SMILES string of the molecule is CCC1CC(CC)CN(N2CCCCC2)C1. The molecule has 2 atom stereocenters. The molecule has 0 amide bonds. The van der Waals surface area contributed by atoms with Gasteiger partial charge in [0.2, 0.25) is 0 Å². The monoisotopic (exact) mass is 224 g/mol. The van der Waals surface area contributed by atoms with Crippen LogP contribution in [0.5, 0.6) is 0 Å². The maximum Gasteiger partial charge on any atom is 0.0161 e. The predicted octanol–water partition coefficient (Wildman–Crippen LogP) is 3.15. The highest BCUT2D eigenvalue weighted by Gasteiger charge is 2.29. The molecular formula is C14H28N2. The Morgan fingerprint density at radius 1 is 0.812 bits per heavy atom. The third-order valence-electron chi connectivity index (χ3n) is 4.49. The zero-order valence-electron chi connectivity index (χ0n) is 11.1. The van der Waals surface area contributed by atoms with Crippen molar-refractivity contribution in [1.82, 2.24) is 10.0 Å². The molecule has 16 heavy (non-hydrogen) atoms. The van der Waals surface area contributed by atoms with Gasteiger partial charge in [-0.15, -0.1) is 0 Å². The van der Waals surface area contributed by atoms with Crippen molar-refractivity contribution in [2.24, 2.45) is 11.8 Å². The summed E-state index contributed by atoms with van der Waals surface area (Å²) in [5.74, 6) is 1.89. The second kappa shape index (κ2) is 6.02. The highest BCUT2D eigenvalue weighted by molar-refractivity contribution is 4.78. The van der Waals surface area contributed by atoms with Gasteiger partial charge in [0, 0.05) is 26.2 Å². The summed E-state index contributed by atoms with van der Waals surface area (Å²) in [6.45, 7) is 9.99. The van der Waals surface area contributed by atoms with Crippen LogP contribution >= 0.6 is 0 Å². The van der Waals surface area contributed by atoms with Crippen LogP contribution in [0.4, 0.5) is 0 Å². The van der Waals surface area contributed by atoms with Gasteiger partial charge in [-0.1, -0.05) is 33.1 Å². The molecule has 94 valence electrons. The van der Waals surface area contributed by atoms with Crippen LogP contribution in [0.2, 0.25) is 0 Å². The minimum absolute atomic E-state index is 0.945. The molecular weight excluding hydrogens is 196 g/mol. The van der Waals surface area contributed by atoms with E-state index in [1.165, 1.54) is 64.7 Å². The first-order chi connectivity index (χ1) is 7.83. The van der Waals surface area contributed by atoms with Crippen LogP contribution in [0.15, 0.2) is 0 Å². The van der Waals surface area contributed by atoms with Gasteiger partial charge in [-0.05, 0) is 31.1 Å². The summed E-state index contributed by atoms with van der Waals surface area (Å²) in [6.07, 6.45) is 8.45. The van der Waals surface area contributed by atoms with Crippen LogP contribution in [-0.4, -0.2) is 36.2 Å². The van der Waals surface area contributed by atoms with Gasteiger partial charge >= 0.3 is 0 Å². The van der Waals surface area contributed by atoms with Crippen LogP contribution in [-0.2, 0) is 0 Å². The molecule has 2 aliphatic rings. The number of rotatable bonds is 3. The largest absolute Gasteiger partial charge is 0.242 e. The van der Waals surface area contributed by atoms with Gasteiger partial charge in [0.05, 0.1) is 0 Å². The molecule has 2 aliphatic heterocycles. The van der Waals surface area contributed by atoms with Gasteiger partial charge in [0.1, 0.15) is 0 Å². The summed E-state index contributed by atoms with van der Waals surface area (Å²) in [5.41, 5.74) is 0. The summed E-state index contributed by atoms with van der Waals surface area (Å²) in [4.78, 5) is 0. The zero-order valence-corrected chi connectivity index (χ0v) is 11.1. The smallest absolute Gasteiger partial charge is 0.0161 e. The molecule has 0 radical (unpaired) electrons. The zero-order chi connectivity index (χ0) is 11.4. The Bertz CT molecular complexity index is 187. The average molecular weight is 224 g/mol. The van der Waals surface area contributed by atoms with E-state index in [0.29, 0.717) is 0 Å². The van der Waals surface area contributed by atoms with Crippen LogP contribution < -0.4 is 0 Å². The Hall–Kier alpha value is -0.0800. The summed E-state index contributed by atoms with van der Waals surface area (Å²) >= 11 is 0. The van der Waals surface area contributed by atoms with E-state index < -0.39 is 0 Å². The molecule has 2 unspecified atom stereocenters. The highest BCUT2D eigenvalue weighted by atomic mass is 15.6. The Balaban J connectivity index is 1.91. The molecule has 2 rings (SSSR count). The molecule has 0 aromatic carbocycles. The second-order valence-electron chi connectivity index (χ2n) is 5.67. The second-order valence-corrected chi connectivity index (χ2v) is 5.67. The topological polar surface area (TPSA) is 6.48 Å². The first kappa shape index (κ1) is 12.4. The summed E-state index contributed by atoms with van der Waals surface area (Å²) in [6, 6.07) is 0. The van der Waals surface area contributed by atoms with Crippen LogP contribution in [0.25, 0.3) is 0 Å². The molecule has 0 aromatic rings. The van der Waals surface area contributed by atoms with Crippen molar-refractivity contribution in [3.63, 3.8) is 0 Å². The fraction of sp³-hybridized carbons (Fsp3) is 1.00. The average Bonchev–Trinajstić information content (AvgIpc) is 2.39. The van der Waals surface area contributed by atoms with E-state index in [4.69, 9.17) is 0 Å². The maximum atomic E-state index is 2.69. The third kappa shape index (κ3) is 2.98. The van der Waals surface area contributed by atoms with Crippen LogP contribution in [0.1, 0.15) is 52.4 Å². The van der Waals surface area contributed by atoms with Crippen molar-refractivity contribution in [2.45, 2.75) is 52.4 Å². The summed E-state index contributed by atoms with van der Waals surface area (Å²) in [5, 5.41) is 5.33. The number of piperidine rings is 2. The molecule has 2 heterocycles. The molecule has 0 spiro atoms. The standard InChI is InChI=1S/C14H28N2/c1-3-13-10-14(4-2)12-16(11-13)15-8-6-5-7-9-15/h13-14H,3-12H2,1-2H3. The van der Waals surface area contributed by atoms with Gasteiger partial charge in [0.25, 0.3) is 0 Å². The van der Waals surface area contributed by atoms with Gasteiger partial charge in [0.15, 0.2) is 0 Å². The van der Waals surface area contributed by atoms with Crippen molar-refractivity contribution in [1.29, 1.82) is 0 Å². The lowest BCUT2D eigenvalue weighted by atomic mass is 9.87. The van der Waals surface area contributed by atoms with Crippen molar-refractivity contribution < 1.29 is 0 Å². The maximum absolute atomic E-state index is 2.69. The number of hydrogen-bond acceptors (Lipinski definition) is 2. The predicted molar refractivity (Wildman–Crippen MR) is 69.2 cm³/mol. The van der Waals surface area contributed by atoms with Crippen molar-refractivity contribution in [2.75, 3.05) is 26.2 Å². The minimum atomic E-state index is 0.945. The highest BCUT2D eigenvalue weighted by Crippen LogP contribution is 2.28. The number of nitrogens with zero attached hydrogens (tertiary/aromatic N) is 2. The van der Waals surface area contributed by atoms with Gasteiger partial charge < -0.3 is 0 Å². The quantitative estimate of drug-likeness (QED) is 0.726. The molecule has 0 N–H and O–H groups in total. The lowest BCUT2D eigenvalue weighted by Crippen LogP contribution is -2.52. The molecule has 2 nitrogen and oxygen atoms in total. The van der Waals surface area contributed by atoms with E-state index in [1.807, 2.05) is 0 Å². The van der Waals surface area contributed by atoms with E-state index in [2.05, 4.69) is 23.9 Å². The van der Waals surface area contributed by atoms with Crippen molar-refractivity contribution in [3.8, 4) is 0 Å². The van der Waals surface area contributed by atoms with E-state index in [-0.39, 0.29) is 0 Å². The minimum Gasteiger partial charge on any atom is -0.242 e. The number of hydrogen-bond donors (Lipinski definition) is 0. The molecule has 2 saturated heterocycles. The van der Waals surface area contributed by atoms with Crippen LogP contribution in [0, 0.1) is 11.8 Å². The van der Waals surface area contributed by atoms with Crippen molar-refractivity contribution in [3.05, 3.63) is 0 Å². The van der Waals surface area contributed by atoms with E-state index in [9.17, 15) is 0 Å². The molecule has 0 bridgehead atoms. The molecule has 2 fully saturated rings. The lowest BCUT2D eigenvalue weighted by Gasteiger charge is -2.44. The first-order valence-electron chi connectivity index (χ1n) is 7.33. The third-order valence-corrected chi connectivity index (χ3v) is 4.49. The lowest BCUT2D eigenvalue weighted by molar-refractivity contribution is -0.0832. The van der Waals surface area contributed by atoms with Crippen molar-refractivity contribution >= 4 is 0 Å². The van der Waals surface area contributed by atoms with Gasteiger partial charge in [-0.3, -0.25) is 0 Å². The Morgan fingerprint density at radius 3 is 1.88 bits per heavy atom. The summed E-state index contributed by atoms with van der Waals surface area (Å²) in [7, 11) is 0. The Morgan fingerprint density at radius 2 is 1.38 bits per heavy atom. The summed E-state index contributed by atoms with van der Waals surface area (Å²) < 4.78 is 0. The number of hydrazine groups is 1. The first-order valence-corrected chi connectivity index (χ1v) is 7.33. The van der Waals surface area contributed by atoms with Gasteiger partial charge in [-0.25, -0.2) is 10.0 Å². The normalized spacial score (nSPS) is 34.1. The Labute approximate surface area is 101 Å². The Kier molecular flexibility index (Phi) is 4.66. The van der Waals surface area contributed by atoms with E-state index in [0.717, 1.165) is 11.8 Å². The molecule has 0 saturated carbocycles. The molecule has 0 aliphatic carbocycles. The van der Waals surface area contributed by atoms with E-state index in [1.54, 1.807) is 0 Å².